The van der Waals surface area contributed by atoms with Crippen molar-refractivity contribution in [2.24, 2.45) is 5.41 Å². The summed E-state index contributed by atoms with van der Waals surface area (Å²) >= 11 is 0. The lowest BCUT2D eigenvalue weighted by Gasteiger charge is -2.29. The van der Waals surface area contributed by atoms with Crippen LogP contribution in [0.3, 0.4) is 0 Å². The fraction of sp³-hybridized carbons (Fsp3) is 0.412. The van der Waals surface area contributed by atoms with Gasteiger partial charge >= 0.3 is 0 Å². The second-order valence-electron chi connectivity index (χ2n) is 6.70. The SMILES string of the molecule is CNC(=O)[C@H](NC(=O)CON1C(=O)c2ccccc2C1=O)C(C)(C)C. The minimum Gasteiger partial charge on any atom is -0.357 e. The van der Waals surface area contributed by atoms with Gasteiger partial charge in [-0.15, -0.1) is 5.06 Å². The van der Waals surface area contributed by atoms with E-state index in [1.165, 1.54) is 19.2 Å². The number of fused-ring (bicyclic) bond motifs is 1. The summed E-state index contributed by atoms with van der Waals surface area (Å²) in [5.41, 5.74) is -0.0673. The highest BCUT2D eigenvalue weighted by atomic mass is 16.7. The number of hydrogen-bond donors (Lipinski definition) is 2. The first-order valence-corrected chi connectivity index (χ1v) is 7.78. The van der Waals surface area contributed by atoms with E-state index in [9.17, 15) is 19.2 Å². The standard InChI is InChI=1S/C17H21N3O5/c1-17(2,3)13(14(22)18-4)19-12(21)9-25-20-15(23)10-7-5-6-8-11(10)16(20)24/h5-8,13H,9H2,1-4H3,(H,18,22)(H,19,21)/t13-/m0/s1. The van der Waals surface area contributed by atoms with E-state index in [2.05, 4.69) is 10.6 Å². The highest BCUT2D eigenvalue weighted by Crippen LogP contribution is 2.23. The van der Waals surface area contributed by atoms with Crippen LogP contribution in [0.2, 0.25) is 0 Å². The summed E-state index contributed by atoms with van der Waals surface area (Å²) in [6.45, 7) is 4.85. The first kappa shape index (κ1) is 18.6. The minimum absolute atomic E-state index is 0.228. The van der Waals surface area contributed by atoms with Crippen molar-refractivity contribution in [3.05, 3.63) is 35.4 Å². The summed E-state index contributed by atoms with van der Waals surface area (Å²) in [4.78, 5) is 53.4. The van der Waals surface area contributed by atoms with Crippen LogP contribution in [0, 0.1) is 5.41 Å². The van der Waals surface area contributed by atoms with Gasteiger partial charge in [0.15, 0.2) is 6.61 Å². The van der Waals surface area contributed by atoms with Gasteiger partial charge in [-0.25, -0.2) is 0 Å². The van der Waals surface area contributed by atoms with E-state index in [1.807, 2.05) is 0 Å². The lowest BCUT2D eigenvalue weighted by molar-refractivity contribution is -0.143. The minimum atomic E-state index is -0.782. The largest absolute Gasteiger partial charge is 0.357 e. The zero-order valence-corrected chi connectivity index (χ0v) is 14.6. The summed E-state index contributed by atoms with van der Waals surface area (Å²) in [6.07, 6.45) is 0. The number of likely N-dealkylation sites (N-methyl/N-ethyl adjacent to an activating group) is 1. The highest BCUT2D eigenvalue weighted by molar-refractivity contribution is 6.20. The van der Waals surface area contributed by atoms with Crippen molar-refractivity contribution in [1.29, 1.82) is 0 Å². The molecule has 134 valence electrons. The molecule has 2 rings (SSSR count). The first-order valence-electron chi connectivity index (χ1n) is 7.78. The monoisotopic (exact) mass is 347 g/mol. The maximum atomic E-state index is 12.1. The molecule has 1 atom stereocenters. The fourth-order valence-electron chi connectivity index (χ4n) is 2.43. The lowest BCUT2D eigenvalue weighted by Crippen LogP contribution is -2.54. The van der Waals surface area contributed by atoms with Gasteiger partial charge < -0.3 is 10.6 Å². The molecule has 1 aliphatic rings. The summed E-state index contributed by atoms with van der Waals surface area (Å²) in [5.74, 6) is -2.19. The predicted octanol–water partition coefficient (Wildman–Crippen LogP) is 0.491. The van der Waals surface area contributed by atoms with E-state index in [1.54, 1.807) is 32.9 Å². The van der Waals surface area contributed by atoms with Gasteiger partial charge in [0.2, 0.25) is 11.8 Å². The Morgan fingerprint density at radius 2 is 1.64 bits per heavy atom. The molecule has 0 aromatic heterocycles. The van der Waals surface area contributed by atoms with Gasteiger partial charge in [-0.1, -0.05) is 32.9 Å². The third-order valence-electron chi connectivity index (χ3n) is 3.76. The number of nitrogens with one attached hydrogen (secondary N) is 2. The molecule has 0 bridgehead atoms. The third kappa shape index (κ3) is 3.85. The topological polar surface area (TPSA) is 105 Å². The van der Waals surface area contributed by atoms with Crippen LogP contribution in [-0.4, -0.2) is 48.4 Å². The quantitative estimate of drug-likeness (QED) is 0.754. The molecule has 0 radical (unpaired) electrons. The molecule has 1 heterocycles. The van der Waals surface area contributed by atoms with Gasteiger partial charge in [-0.2, -0.15) is 0 Å². The van der Waals surface area contributed by atoms with Crippen molar-refractivity contribution in [2.45, 2.75) is 26.8 Å². The molecule has 0 unspecified atom stereocenters. The normalized spacial score (nSPS) is 15.0. The molecule has 2 N–H and O–H groups in total. The van der Waals surface area contributed by atoms with Crippen molar-refractivity contribution in [1.82, 2.24) is 15.7 Å². The average molecular weight is 347 g/mol. The number of hydroxylamine groups is 2. The first-order chi connectivity index (χ1) is 11.7. The van der Waals surface area contributed by atoms with Gasteiger partial charge in [0, 0.05) is 7.05 Å². The Balaban J connectivity index is 2.00. The lowest BCUT2D eigenvalue weighted by atomic mass is 9.86. The van der Waals surface area contributed by atoms with Crippen LogP contribution < -0.4 is 10.6 Å². The predicted molar refractivity (Wildman–Crippen MR) is 88.3 cm³/mol. The maximum absolute atomic E-state index is 12.1. The molecule has 0 aliphatic carbocycles. The number of imide groups is 1. The fourth-order valence-corrected chi connectivity index (χ4v) is 2.43. The molecule has 25 heavy (non-hydrogen) atoms. The van der Waals surface area contributed by atoms with Crippen molar-refractivity contribution in [3.8, 4) is 0 Å². The van der Waals surface area contributed by atoms with Crippen LogP contribution in [0.25, 0.3) is 0 Å². The van der Waals surface area contributed by atoms with E-state index in [-0.39, 0.29) is 17.0 Å². The number of carbonyl (C=O) groups is 4. The van der Waals surface area contributed by atoms with Gasteiger partial charge in [-0.3, -0.25) is 24.0 Å². The molecule has 0 fully saturated rings. The van der Waals surface area contributed by atoms with Gasteiger partial charge in [-0.05, 0) is 17.5 Å². The zero-order valence-electron chi connectivity index (χ0n) is 14.6. The van der Waals surface area contributed by atoms with Crippen molar-refractivity contribution in [2.75, 3.05) is 13.7 Å². The summed E-state index contributed by atoms with van der Waals surface area (Å²) in [7, 11) is 1.47. The van der Waals surface area contributed by atoms with Crippen LogP contribution in [-0.2, 0) is 14.4 Å². The van der Waals surface area contributed by atoms with E-state index in [0.717, 1.165) is 0 Å². The maximum Gasteiger partial charge on any atom is 0.285 e. The second kappa shape index (κ2) is 7.02. The van der Waals surface area contributed by atoms with Gasteiger partial charge in [0.25, 0.3) is 11.8 Å². The number of carbonyl (C=O) groups excluding carboxylic acids is 4. The molecule has 1 aromatic carbocycles. The van der Waals surface area contributed by atoms with Crippen molar-refractivity contribution < 1.29 is 24.0 Å². The number of amides is 4. The third-order valence-corrected chi connectivity index (χ3v) is 3.76. The summed E-state index contributed by atoms with van der Waals surface area (Å²) in [5, 5.41) is 5.61. The van der Waals surface area contributed by atoms with Crippen LogP contribution in [0.15, 0.2) is 24.3 Å². The van der Waals surface area contributed by atoms with E-state index >= 15 is 0 Å². The van der Waals surface area contributed by atoms with Crippen LogP contribution in [0.5, 0.6) is 0 Å². The molecule has 1 aliphatic heterocycles. The molecular formula is C17H21N3O5. The Morgan fingerprint density at radius 1 is 1.12 bits per heavy atom. The number of rotatable bonds is 5. The summed E-state index contributed by atoms with van der Waals surface area (Å²) < 4.78 is 0. The van der Waals surface area contributed by atoms with Crippen LogP contribution in [0.4, 0.5) is 0 Å². The Bertz CT molecular complexity index is 688. The second-order valence-corrected chi connectivity index (χ2v) is 6.70. The molecule has 8 nitrogen and oxygen atoms in total. The van der Waals surface area contributed by atoms with E-state index in [0.29, 0.717) is 5.06 Å². The zero-order chi connectivity index (χ0) is 18.8. The average Bonchev–Trinajstić information content (AvgIpc) is 2.80. The molecule has 8 heteroatoms. The van der Waals surface area contributed by atoms with Gasteiger partial charge in [0.1, 0.15) is 6.04 Å². The molecular weight excluding hydrogens is 326 g/mol. The molecule has 4 amide bonds. The Morgan fingerprint density at radius 3 is 2.08 bits per heavy atom. The van der Waals surface area contributed by atoms with E-state index < -0.39 is 35.8 Å². The highest BCUT2D eigenvalue weighted by Gasteiger charge is 2.37. The number of nitrogens with zero attached hydrogens (tertiary/aromatic N) is 1. The van der Waals surface area contributed by atoms with E-state index in [4.69, 9.17) is 4.84 Å². The van der Waals surface area contributed by atoms with Crippen molar-refractivity contribution in [3.63, 3.8) is 0 Å². The Labute approximate surface area is 145 Å². The Hall–Kier alpha value is -2.74. The van der Waals surface area contributed by atoms with Crippen molar-refractivity contribution >= 4 is 23.6 Å². The Kier molecular flexibility index (Phi) is 5.22. The van der Waals surface area contributed by atoms with Gasteiger partial charge in [0.05, 0.1) is 11.1 Å². The van der Waals surface area contributed by atoms with Crippen LogP contribution >= 0.6 is 0 Å². The molecule has 0 saturated heterocycles. The number of hydrogen-bond acceptors (Lipinski definition) is 5. The molecule has 1 aromatic rings. The number of benzene rings is 1. The molecule has 0 saturated carbocycles. The molecule has 0 spiro atoms. The smallest absolute Gasteiger partial charge is 0.285 e. The van der Waals surface area contributed by atoms with Crippen LogP contribution in [0.1, 0.15) is 41.5 Å². The summed E-state index contributed by atoms with van der Waals surface area (Å²) in [6, 6.07) is 5.52.